The molecule has 1 amide bonds. The summed E-state index contributed by atoms with van der Waals surface area (Å²) >= 11 is 5.98. The lowest BCUT2D eigenvalue weighted by molar-refractivity contribution is -0.117. The van der Waals surface area contributed by atoms with Crippen molar-refractivity contribution in [1.82, 2.24) is 0 Å². The van der Waals surface area contributed by atoms with Gasteiger partial charge in [-0.1, -0.05) is 23.7 Å². The van der Waals surface area contributed by atoms with Gasteiger partial charge in [0.1, 0.15) is 9.84 Å². The Morgan fingerprint density at radius 3 is 2.63 bits per heavy atom. The number of hydrogen-bond donors (Lipinski definition) is 2. The highest BCUT2D eigenvalue weighted by molar-refractivity contribution is 7.90. The van der Waals surface area contributed by atoms with E-state index in [0.717, 1.165) is 11.8 Å². The molecule has 1 unspecified atom stereocenters. The van der Waals surface area contributed by atoms with Crippen molar-refractivity contribution in [2.24, 2.45) is 5.73 Å². The van der Waals surface area contributed by atoms with E-state index in [2.05, 4.69) is 5.32 Å². The van der Waals surface area contributed by atoms with Crippen LogP contribution < -0.4 is 11.1 Å². The average Bonchev–Trinajstić information content (AvgIpc) is 2.29. The van der Waals surface area contributed by atoms with Crippen LogP contribution in [0.3, 0.4) is 0 Å². The van der Waals surface area contributed by atoms with Gasteiger partial charge in [0.25, 0.3) is 0 Å². The maximum atomic E-state index is 11.8. The van der Waals surface area contributed by atoms with Crippen LogP contribution in [0.4, 0.5) is 5.69 Å². The Hall–Kier alpha value is -1.11. The van der Waals surface area contributed by atoms with Gasteiger partial charge in [0.2, 0.25) is 5.91 Å². The normalized spacial score (nSPS) is 13.1. The minimum Gasteiger partial charge on any atom is -0.323 e. The molecule has 0 saturated heterocycles. The summed E-state index contributed by atoms with van der Waals surface area (Å²) in [6.45, 7) is 1.81. The van der Waals surface area contributed by atoms with Gasteiger partial charge in [-0.25, -0.2) is 8.42 Å². The lowest BCUT2D eigenvalue weighted by atomic mass is 10.1. The van der Waals surface area contributed by atoms with Crippen molar-refractivity contribution in [2.75, 3.05) is 17.3 Å². The summed E-state index contributed by atoms with van der Waals surface area (Å²) in [6, 6.07) is 4.36. The summed E-state index contributed by atoms with van der Waals surface area (Å²) in [5, 5.41) is 3.04. The number of nitrogens with two attached hydrogens (primary N) is 1. The van der Waals surface area contributed by atoms with E-state index in [0.29, 0.717) is 10.7 Å². The molecule has 19 heavy (non-hydrogen) atoms. The third-order valence-electron chi connectivity index (χ3n) is 2.61. The summed E-state index contributed by atoms with van der Waals surface area (Å²) in [4.78, 5) is 11.8. The van der Waals surface area contributed by atoms with Crippen LogP contribution in [0.1, 0.15) is 12.0 Å². The second-order valence-electron chi connectivity index (χ2n) is 4.45. The predicted octanol–water partition coefficient (Wildman–Crippen LogP) is 1.35. The van der Waals surface area contributed by atoms with Crippen LogP contribution >= 0.6 is 11.6 Å². The summed E-state index contributed by atoms with van der Waals surface area (Å²) in [7, 11) is -3.13. The van der Waals surface area contributed by atoms with E-state index >= 15 is 0 Å². The van der Waals surface area contributed by atoms with Crippen molar-refractivity contribution in [3.63, 3.8) is 0 Å². The number of carbonyl (C=O) groups is 1. The highest BCUT2D eigenvalue weighted by Gasteiger charge is 2.17. The smallest absolute Gasteiger partial charge is 0.241 e. The van der Waals surface area contributed by atoms with Crippen molar-refractivity contribution in [3.8, 4) is 0 Å². The Bertz CT molecular complexity index is 552. The van der Waals surface area contributed by atoms with Gasteiger partial charge in [-0.3, -0.25) is 4.79 Å². The van der Waals surface area contributed by atoms with Crippen molar-refractivity contribution in [3.05, 3.63) is 28.8 Å². The molecule has 0 heterocycles. The number of sulfone groups is 1. The molecule has 0 saturated carbocycles. The first kappa shape index (κ1) is 15.9. The van der Waals surface area contributed by atoms with Crippen molar-refractivity contribution >= 4 is 33.0 Å². The number of amides is 1. The first-order chi connectivity index (χ1) is 8.70. The van der Waals surface area contributed by atoms with E-state index in [1.807, 2.05) is 13.0 Å². The molecule has 0 aliphatic heterocycles. The molecule has 1 atom stereocenters. The number of rotatable bonds is 5. The van der Waals surface area contributed by atoms with Crippen LogP contribution in [0, 0.1) is 6.92 Å². The van der Waals surface area contributed by atoms with Gasteiger partial charge in [-0.05, 0) is 25.0 Å². The third kappa shape index (κ3) is 5.18. The van der Waals surface area contributed by atoms with Crippen LogP contribution in [0.25, 0.3) is 0 Å². The Labute approximate surface area is 118 Å². The number of anilines is 1. The molecule has 0 bridgehead atoms. The van der Waals surface area contributed by atoms with Gasteiger partial charge < -0.3 is 11.1 Å². The Kier molecular flexibility index (Phi) is 5.34. The first-order valence-corrected chi connectivity index (χ1v) is 8.14. The van der Waals surface area contributed by atoms with Crippen molar-refractivity contribution < 1.29 is 13.2 Å². The van der Waals surface area contributed by atoms with Crippen LogP contribution in [-0.4, -0.2) is 32.4 Å². The number of para-hydroxylation sites is 1. The fraction of sp³-hybridized carbons (Fsp3) is 0.417. The molecular formula is C12H17ClN2O3S. The largest absolute Gasteiger partial charge is 0.323 e. The monoisotopic (exact) mass is 304 g/mol. The number of aryl methyl sites for hydroxylation is 1. The van der Waals surface area contributed by atoms with Crippen LogP contribution in [0.5, 0.6) is 0 Å². The Morgan fingerprint density at radius 2 is 2.11 bits per heavy atom. The standard InChI is InChI=1S/C12H17ClN2O3S/c1-8-4-3-5-9(13)11(8)15-12(16)10(14)6-7-19(2,17)18/h3-5,10H,6-7,14H2,1-2H3,(H,15,16). The van der Waals surface area contributed by atoms with Gasteiger partial charge in [0.05, 0.1) is 22.5 Å². The fourth-order valence-corrected chi connectivity index (χ4v) is 2.43. The minimum atomic E-state index is -3.13. The van der Waals surface area contributed by atoms with E-state index in [-0.39, 0.29) is 12.2 Å². The SMILES string of the molecule is Cc1cccc(Cl)c1NC(=O)C(N)CCS(C)(=O)=O. The van der Waals surface area contributed by atoms with Crippen LogP contribution in [0.15, 0.2) is 18.2 Å². The van der Waals surface area contributed by atoms with Crippen molar-refractivity contribution in [1.29, 1.82) is 0 Å². The van der Waals surface area contributed by atoms with Crippen LogP contribution in [-0.2, 0) is 14.6 Å². The number of nitrogens with one attached hydrogen (secondary N) is 1. The number of carbonyl (C=O) groups excluding carboxylic acids is 1. The zero-order chi connectivity index (χ0) is 14.6. The molecule has 5 nitrogen and oxygen atoms in total. The first-order valence-electron chi connectivity index (χ1n) is 5.70. The molecule has 7 heteroatoms. The molecule has 1 aromatic carbocycles. The van der Waals surface area contributed by atoms with E-state index in [1.54, 1.807) is 12.1 Å². The lowest BCUT2D eigenvalue weighted by Crippen LogP contribution is -2.37. The molecule has 0 aliphatic rings. The molecule has 0 spiro atoms. The van der Waals surface area contributed by atoms with Gasteiger partial charge in [-0.2, -0.15) is 0 Å². The lowest BCUT2D eigenvalue weighted by Gasteiger charge is -2.14. The summed E-state index contributed by atoms with van der Waals surface area (Å²) in [5.74, 6) is -0.567. The van der Waals surface area contributed by atoms with E-state index in [4.69, 9.17) is 17.3 Å². The summed E-state index contributed by atoms with van der Waals surface area (Å²) < 4.78 is 22.0. The number of hydrogen-bond acceptors (Lipinski definition) is 4. The highest BCUT2D eigenvalue weighted by atomic mass is 35.5. The molecule has 0 aromatic heterocycles. The molecule has 0 aliphatic carbocycles. The highest BCUT2D eigenvalue weighted by Crippen LogP contribution is 2.25. The Balaban J connectivity index is 2.69. The van der Waals surface area contributed by atoms with Gasteiger partial charge in [0, 0.05) is 6.26 Å². The predicted molar refractivity (Wildman–Crippen MR) is 77.1 cm³/mol. The molecule has 0 fully saturated rings. The van der Waals surface area contributed by atoms with E-state index in [1.165, 1.54) is 0 Å². The minimum absolute atomic E-state index is 0.0775. The number of benzene rings is 1. The maximum absolute atomic E-state index is 11.8. The Morgan fingerprint density at radius 1 is 1.47 bits per heavy atom. The second kappa shape index (κ2) is 6.36. The zero-order valence-corrected chi connectivity index (χ0v) is 12.4. The number of halogens is 1. The van der Waals surface area contributed by atoms with E-state index in [9.17, 15) is 13.2 Å². The second-order valence-corrected chi connectivity index (χ2v) is 7.11. The third-order valence-corrected chi connectivity index (χ3v) is 3.90. The van der Waals surface area contributed by atoms with Gasteiger partial charge >= 0.3 is 0 Å². The molecular weight excluding hydrogens is 288 g/mol. The van der Waals surface area contributed by atoms with Crippen LogP contribution in [0.2, 0.25) is 5.02 Å². The van der Waals surface area contributed by atoms with Crippen molar-refractivity contribution in [2.45, 2.75) is 19.4 Å². The van der Waals surface area contributed by atoms with Gasteiger partial charge in [0.15, 0.2) is 0 Å². The summed E-state index contributed by atoms with van der Waals surface area (Å²) in [5.41, 5.74) is 6.97. The molecule has 1 rings (SSSR count). The molecule has 1 aromatic rings. The maximum Gasteiger partial charge on any atom is 0.241 e. The van der Waals surface area contributed by atoms with E-state index < -0.39 is 21.8 Å². The zero-order valence-electron chi connectivity index (χ0n) is 10.8. The molecule has 106 valence electrons. The average molecular weight is 305 g/mol. The summed E-state index contributed by atoms with van der Waals surface area (Å²) in [6.07, 6.45) is 1.18. The van der Waals surface area contributed by atoms with Gasteiger partial charge in [-0.15, -0.1) is 0 Å². The quantitative estimate of drug-likeness (QED) is 0.859. The fourth-order valence-electron chi connectivity index (χ4n) is 1.48. The molecule has 0 radical (unpaired) electrons. The topological polar surface area (TPSA) is 89.3 Å². The molecule has 3 N–H and O–H groups in total.